The Bertz CT molecular complexity index is 490. The van der Waals surface area contributed by atoms with Gasteiger partial charge in [-0.2, -0.15) is 0 Å². The van der Waals surface area contributed by atoms with Crippen molar-refractivity contribution in [2.75, 3.05) is 0 Å². The summed E-state index contributed by atoms with van der Waals surface area (Å²) < 4.78 is 6.03. The molecule has 1 heterocycles. The number of ketones is 1. The lowest BCUT2D eigenvalue weighted by Gasteiger charge is -2.35. The maximum Gasteiger partial charge on any atom is 0.170 e. The van der Waals surface area contributed by atoms with Crippen LogP contribution < -0.4 is 4.74 Å². The SMILES string of the molecule is O=C1CC2(CCCC2)Oc2c(Cl)cc(Cl)cc21. The minimum Gasteiger partial charge on any atom is -0.484 e. The van der Waals surface area contributed by atoms with Crippen LogP contribution >= 0.6 is 23.2 Å². The van der Waals surface area contributed by atoms with Crippen LogP contribution in [0.15, 0.2) is 12.1 Å². The van der Waals surface area contributed by atoms with Crippen molar-refractivity contribution in [3.8, 4) is 5.75 Å². The van der Waals surface area contributed by atoms with Crippen molar-refractivity contribution in [1.82, 2.24) is 0 Å². The Balaban J connectivity index is 2.09. The Hall–Kier alpha value is -0.730. The normalized spacial score (nSPS) is 21.4. The molecule has 1 aliphatic carbocycles. The molecule has 3 rings (SSSR count). The van der Waals surface area contributed by atoms with Gasteiger partial charge in [0, 0.05) is 5.02 Å². The minimum atomic E-state index is -0.304. The molecule has 1 aliphatic heterocycles. The van der Waals surface area contributed by atoms with Crippen LogP contribution in [0.3, 0.4) is 0 Å². The van der Waals surface area contributed by atoms with Crippen LogP contribution in [0, 0.1) is 0 Å². The van der Waals surface area contributed by atoms with Gasteiger partial charge in [0.15, 0.2) is 5.78 Å². The van der Waals surface area contributed by atoms with Gasteiger partial charge in [-0.05, 0) is 37.8 Å². The Morgan fingerprint density at radius 2 is 1.88 bits per heavy atom. The lowest BCUT2D eigenvalue weighted by Crippen LogP contribution is -2.39. The van der Waals surface area contributed by atoms with Crippen LogP contribution in [0.5, 0.6) is 5.75 Å². The summed E-state index contributed by atoms with van der Waals surface area (Å²) in [4.78, 5) is 12.2. The molecule has 2 aliphatic rings. The second-order valence-electron chi connectivity index (χ2n) is 4.86. The maximum atomic E-state index is 12.2. The molecular weight excluding hydrogens is 259 g/mol. The standard InChI is InChI=1S/C13H12Cl2O2/c14-8-5-9-11(16)7-13(3-1-2-4-13)17-12(9)10(15)6-8/h5-6H,1-4,7H2. The smallest absolute Gasteiger partial charge is 0.170 e. The summed E-state index contributed by atoms with van der Waals surface area (Å²) in [5.41, 5.74) is 0.224. The lowest BCUT2D eigenvalue weighted by molar-refractivity contribution is 0.0451. The number of rotatable bonds is 0. The molecule has 0 radical (unpaired) electrons. The average Bonchev–Trinajstić information content (AvgIpc) is 2.69. The molecule has 0 saturated heterocycles. The largest absolute Gasteiger partial charge is 0.484 e. The van der Waals surface area contributed by atoms with Gasteiger partial charge >= 0.3 is 0 Å². The zero-order chi connectivity index (χ0) is 12.0. The highest BCUT2D eigenvalue weighted by Crippen LogP contribution is 2.46. The highest BCUT2D eigenvalue weighted by Gasteiger charge is 2.43. The van der Waals surface area contributed by atoms with Gasteiger partial charge in [-0.15, -0.1) is 0 Å². The third-order valence-electron chi connectivity index (χ3n) is 3.62. The maximum absolute atomic E-state index is 12.2. The Morgan fingerprint density at radius 1 is 1.18 bits per heavy atom. The van der Waals surface area contributed by atoms with Crippen molar-refractivity contribution in [2.45, 2.75) is 37.7 Å². The summed E-state index contributed by atoms with van der Waals surface area (Å²) >= 11 is 12.0. The molecule has 1 fully saturated rings. The zero-order valence-electron chi connectivity index (χ0n) is 9.26. The van der Waals surface area contributed by atoms with Crippen molar-refractivity contribution in [1.29, 1.82) is 0 Å². The quantitative estimate of drug-likeness (QED) is 0.704. The molecule has 0 N–H and O–H groups in total. The first-order valence-corrected chi connectivity index (χ1v) is 6.57. The molecule has 1 spiro atoms. The third-order valence-corrected chi connectivity index (χ3v) is 4.12. The molecular formula is C13H12Cl2O2. The zero-order valence-corrected chi connectivity index (χ0v) is 10.8. The Labute approximate surface area is 110 Å². The number of carbonyl (C=O) groups excluding carboxylic acids is 1. The second-order valence-corrected chi connectivity index (χ2v) is 5.70. The first-order chi connectivity index (χ1) is 8.10. The first kappa shape index (κ1) is 11.4. The molecule has 1 saturated carbocycles. The van der Waals surface area contributed by atoms with Crippen molar-refractivity contribution in [3.63, 3.8) is 0 Å². The van der Waals surface area contributed by atoms with Crippen LogP contribution in [0.2, 0.25) is 10.0 Å². The van der Waals surface area contributed by atoms with Crippen LogP contribution in [0.4, 0.5) is 0 Å². The van der Waals surface area contributed by atoms with E-state index in [4.69, 9.17) is 27.9 Å². The summed E-state index contributed by atoms with van der Waals surface area (Å²) in [5, 5.41) is 0.917. The lowest BCUT2D eigenvalue weighted by atomic mass is 9.89. The molecule has 0 bridgehead atoms. The van der Waals surface area contributed by atoms with Gasteiger partial charge in [-0.3, -0.25) is 4.79 Å². The second kappa shape index (κ2) is 3.89. The van der Waals surface area contributed by atoms with Crippen molar-refractivity contribution in [2.24, 2.45) is 0 Å². The summed E-state index contributed by atoms with van der Waals surface area (Å²) in [6.07, 6.45) is 4.58. The highest BCUT2D eigenvalue weighted by atomic mass is 35.5. The number of benzene rings is 1. The fourth-order valence-electron chi connectivity index (χ4n) is 2.81. The summed E-state index contributed by atoms with van der Waals surface area (Å²) in [5.74, 6) is 0.617. The predicted molar refractivity (Wildman–Crippen MR) is 67.2 cm³/mol. The molecule has 2 nitrogen and oxygen atoms in total. The third kappa shape index (κ3) is 1.84. The monoisotopic (exact) mass is 270 g/mol. The van der Waals surface area contributed by atoms with Crippen molar-refractivity contribution >= 4 is 29.0 Å². The predicted octanol–water partition coefficient (Wildman–Crippen LogP) is 4.27. The number of halogens is 2. The number of ether oxygens (including phenoxy) is 1. The number of Topliss-reactive ketones (excluding diaryl/α,β-unsaturated/α-hetero) is 1. The van der Waals surface area contributed by atoms with E-state index in [9.17, 15) is 4.79 Å². The highest BCUT2D eigenvalue weighted by molar-refractivity contribution is 6.36. The molecule has 4 heteroatoms. The van der Waals surface area contributed by atoms with Gasteiger partial charge in [0.2, 0.25) is 0 Å². The van der Waals surface area contributed by atoms with Crippen LogP contribution in [0.25, 0.3) is 0 Å². The van der Waals surface area contributed by atoms with Gasteiger partial charge in [0.05, 0.1) is 17.0 Å². The number of fused-ring (bicyclic) bond motifs is 1. The van der Waals surface area contributed by atoms with E-state index in [1.807, 2.05) is 0 Å². The Kier molecular flexibility index (Phi) is 2.60. The van der Waals surface area contributed by atoms with E-state index in [2.05, 4.69) is 0 Å². The topological polar surface area (TPSA) is 26.3 Å². The molecule has 0 atom stereocenters. The molecule has 1 aromatic carbocycles. The van der Waals surface area contributed by atoms with E-state index < -0.39 is 0 Å². The number of carbonyl (C=O) groups is 1. The van der Waals surface area contributed by atoms with Gasteiger partial charge in [-0.1, -0.05) is 23.2 Å². The molecule has 0 unspecified atom stereocenters. The van der Waals surface area contributed by atoms with E-state index >= 15 is 0 Å². The van der Waals surface area contributed by atoms with E-state index in [-0.39, 0.29) is 11.4 Å². The molecule has 0 amide bonds. The fraction of sp³-hybridized carbons (Fsp3) is 0.462. The summed E-state index contributed by atoms with van der Waals surface area (Å²) in [7, 11) is 0. The van der Waals surface area contributed by atoms with Gasteiger partial charge in [0.1, 0.15) is 11.4 Å². The van der Waals surface area contributed by atoms with E-state index in [1.165, 1.54) is 0 Å². The number of hydrogen-bond donors (Lipinski definition) is 0. The van der Waals surface area contributed by atoms with Gasteiger partial charge in [-0.25, -0.2) is 0 Å². The fourth-order valence-corrected chi connectivity index (χ4v) is 3.34. The summed E-state index contributed by atoms with van der Waals surface area (Å²) in [6.45, 7) is 0. The minimum absolute atomic E-state index is 0.0950. The van der Waals surface area contributed by atoms with Gasteiger partial charge in [0.25, 0.3) is 0 Å². The van der Waals surface area contributed by atoms with Crippen molar-refractivity contribution in [3.05, 3.63) is 27.7 Å². The van der Waals surface area contributed by atoms with E-state index in [0.717, 1.165) is 25.7 Å². The molecule has 90 valence electrons. The molecule has 17 heavy (non-hydrogen) atoms. The van der Waals surface area contributed by atoms with Crippen LogP contribution in [-0.4, -0.2) is 11.4 Å². The van der Waals surface area contributed by atoms with Crippen molar-refractivity contribution < 1.29 is 9.53 Å². The first-order valence-electron chi connectivity index (χ1n) is 5.81. The Morgan fingerprint density at radius 3 is 2.59 bits per heavy atom. The molecule has 1 aromatic rings. The van der Waals surface area contributed by atoms with Crippen LogP contribution in [-0.2, 0) is 0 Å². The molecule has 0 aromatic heterocycles. The van der Waals surface area contributed by atoms with Crippen LogP contribution in [0.1, 0.15) is 42.5 Å². The summed E-state index contributed by atoms with van der Waals surface area (Å²) in [6, 6.07) is 3.27. The van der Waals surface area contributed by atoms with Gasteiger partial charge < -0.3 is 4.74 Å². The number of hydrogen-bond acceptors (Lipinski definition) is 2. The average molecular weight is 271 g/mol. The van der Waals surface area contributed by atoms with E-state index in [0.29, 0.717) is 27.8 Å². The van der Waals surface area contributed by atoms with E-state index in [1.54, 1.807) is 12.1 Å².